The highest BCUT2D eigenvalue weighted by Crippen LogP contribution is 2.30. The average Bonchev–Trinajstić information content (AvgIpc) is 2.59. The predicted molar refractivity (Wildman–Crippen MR) is 116 cm³/mol. The Morgan fingerprint density at radius 3 is 1.71 bits per heavy atom. The number of hydrogen-bond donors (Lipinski definition) is 1. The minimum atomic E-state index is -0.875. The molecule has 0 spiro atoms. The van der Waals surface area contributed by atoms with Crippen molar-refractivity contribution in [2.45, 2.75) is 52.4 Å². The Labute approximate surface area is 176 Å². The van der Waals surface area contributed by atoms with Crippen LogP contribution >= 0.6 is 15.9 Å². The van der Waals surface area contributed by atoms with Gasteiger partial charge in [0.2, 0.25) is 0 Å². The van der Waals surface area contributed by atoms with E-state index in [4.69, 9.17) is 5.11 Å². The van der Waals surface area contributed by atoms with Crippen LogP contribution in [0.15, 0.2) is 46.9 Å². The van der Waals surface area contributed by atoms with Gasteiger partial charge in [-0.05, 0) is 46.2 Å². The molecule has 0 aliphatic heterocycles. The lowest BCUT2D eigenvalue weighted by Crippen LogP contribution is -2.12. The zero-order valence-electron chi connectivity index (χ0n) is 17.6. The van der Waals surface area contributed by atoms with E-state index in [0.29, 0.717) is 11.1 Å². The predicted octanol–water partition coefficient (Wildman–Crippen LogP) is 6.22. The lowest BCUT2D eigenvalue weighted by molar-refractivity contribution is 0.0599. The molecule has 4 nitrogen and oxygen atoms in total. The highest BCUT2D eigenvalue weighted by molar-refractivity contribution is 9.10. The van der Waals surface area contributed by atoms with Crippen LogP contribution in [0.3, 0.4) is 0 Å². The first-order valence-corrected chi connectivity index (χ1v) is 9.79. The fraction of sp³-hybridized carbons (Fsp3) is 0.391. The highest BCUT2D eigenvalue weighted by atomic mass is 79.9. The van der Waals surface area contributed by atoms with Crippen molar-refractivity contribution in [2.75, 3.05) is 7.11 Å². The summed E-state index contributed by atoms with van der Waals surface area (Å²) in [5, 5.41) is 8.68. The van der Waals surface area contributed by atoms with Crippen LogP contribution in [0.25, 0.3) is 0 Å². The van der Waals surface area contributed by atoms with Gasteiger partial charge in [-0.25, -0.2) is 9.59 Å². The molecule has 0 unspecified atom stereocenters. The van der Waals surface area contributed by atoms with Gasteiger partial charge in [-0.15, -0.1) is 0 Å². The van der Waals surface area contributed by atoms with Crippen molar-refractivity contribution < 1.29 is 19.4 Å². The van der Waals surface area contributed by atoms with Crippen molar-refractivity contribution in [1.82, 2.24) is 0 Å². The van der Waals surface area contributed by atoms with Gasteiger partial charge in [0, 0.05) is 4.47 Å². The maximum absolute atomic E-state index is 11.3. The Hall–Kier alpha value is -2.14. The van der Waals surface area contributed by atoms with Gasteiger partial charge in [-0.1, -0.05) is 75.7 Å². The normalized spacial score (nSPS) is 11.3. The molecule has 0 bridgehead atoms. The summed E-state index contributed by atoms with van der Waals surface area (Å²) < 4.78 is 5.60. The number of benzene rings is 2. The zero-order chi connectivity index (χ0) is 21.7. The Bertz CT molecular complexity index is 825. The third-order valence-corrected chi connectivity index (χ3v) is 4.85. The van der Waals surface area contributed by atoms with E-state index in [0.717, 1.165) is 10.0 Å². The monoisotopic (exact) mass is 448 g/mol. The molecule has 2 rings (SSSR count). The number of ether oxygens (including phenoxy) is 1. The van der Waals surface area contributed by atoms with Gasteiger partial charge >= 0.3 is 11.9 Å². The molecule has 0 radical (unpaired) electrons. The quantitative estimate of drug-likeness (QED) is 0.554. The molecule has 0 amide bonds. The molecule has 28 heavy (non-hydrogen) atoms. The smallest absolute Gasteiger partial charge is 0.337 e. The van der Waals surface area contributed by atoms with E-state index in [9.17, 15) is 9.59 Å². The van der Waals surface area contributed by atoms with Gasteiger partial charge in [0.15, 0.2) is 0 Å². The summed E-state index contributed by atoms with van der Waals surface area (Å²) in [5.41, 5.74) is 3.38. The molecule has 0 saturated heterocycles. The summed E-state index contributed by atoms with van der Waals surface area (Å²) in [7, 11) is 1.38. The van der Waals surface area contributed by atoms with Crippen LogP contribution < -0.4 is 0 Å². The van der Waals surface area contributed by atoms with E-state index >= 15 is 0 Å². The summed E-state index contributed by atoms with van der Waals surface area (Å²) in [4.78, 5) is 21.8. The molecule has 2 aromatic rings. The molecule has 0 saturated carbocycles. The lowest BCUT2D eigenvalue weighted by atomic mass is 9.87. The summed E-state index contributed by atoms with van der Waals surface area (Å²) in [6.45, 7) is 12.7. The SMILES string of the molecule is CC(C)(C)c1ccc(C(=O)O)cc1.COC(=O)c1ccc(C(C)(C)C)c(Br)c1. The molecule has 0 heterocycles. The molecular formula is C23H29BrO4. The van der Waals surface area contributed by atoms with Crippen LogP contribution in [0.2, 0.25) is 0 Å². The van der Waals surface area contributed by atoms with Gasteiger partial charge in [0.1, 0.15) is 0 Å². The summed E-state index contributed by atoms with van der Waals surface area (Å²) in [6.07, 6.45) is 0. The largest absolute Gasteiger partial charge is 0.478 e. The first kappa shape index (κ1) is 23.9. The van der Waals surface area contributed by atoms with Crippen molar-refractivity contribution in [3.8, 4) is 0 Å². The highest BCUT2D eigenvalue weighted by Gasteiger charge is 2.18. The van der Waals surface area contributed by atoms with E-state index in [1.807, 2.05) is 18.2 Å². The number of aromatic carboxylic acids is 1. The first-order valence-electron chi connectivity index (χ1n) is 8.99. The average molecular weight is 449 g/mol. The molecule has 152 valence electrons. The Balaban J connectivity index is 0.000000283. The minimum absolute atomic E-state index is 0.0630. The Kier molecular flexibility index (Phi) is 8.00. The number of methoxy groups -OCH3 is 1. The summed E-state index contributed by atoms with van der Waals surface area (Å²) in [6, 6.07) is 12.6. The third kappa shape index (κ3) is 6.79. The van der Waals surface area contributed by atoms with Gasteiger partial charge in [0.05, 0.1) is 18.2 Å². The number of halogens is 1. The van der Waals surface area contributed by atoms with Crippen molar-refractivity contribution >= 4 is 27.9 Å². The third-order valence-electron chi connectivity index (χ3n) is 4.20. The number of carboxylic acid groups (broad SMARTS) is 1. The van der Waals surface area contributed by atoms with Gasteiger partial charge in [0.25, 0.3) is 0 Å². The second kappa shape index (κ2) is 9.37. The standard InChI is InChI=1S/C12H15BrO2.C11H14O2/c1-12(2,3)9-6-5-8(7-10(9)13)11(14)15-4;1-11(2,3)9-6-4-8(5-7-9)10(12)13/h5-7H,1-4H3;4-7H,1-3H3,(H,12,13). The molecule has 0 aliphatic carbocycles. The van der Waals surface area contributed by atoms with Crippen LogP contribution in [0.4, 0.5) is 0 Å². The van der Waals surface area contributed by atoms with Crippen LogP contribution in [0.1, 0.15) is 73.4 Å². The van der Waals surface area contributed by atoms with E-state index in [2.05, 4.69) is 62.2 Å². The second-order valence-electron chi connectivity index (χ2n) is 8.57. The number of esters is 1. The molecule has 5 heteroatoms. The maximum Gasteiger partial charge on any atom is 0.337 e. The fourth-order valence-corrected chi connectivity index (χ4v) is 3.45. The van der Waals surface area contributed by atoms with Crippen molar-refractivity contribution in [2.24, 2.45) is 0 Å². The zero-order valence-corrected chi connectivity index (χ0v) is 19.2. The van der Waals surface area contributed by atoms with Crippen molar-refractivity contribution in [3.05, 3.63) is 69.2 Å². The number of carbonyl (C=O) groups excluding carboxylic acids is 1. The van der Waals surface area contributed by atoms with E-state index in [-0.39, 0.29) is 16.8 Å². The maximum atomic E-state index is 11.3. The van der Waals surface area contributed by atoms with Crippen LogP contribution in [0.5, 0.6) is 0 Å². The summed E-state index contributed by atoms with van der Waals surface area (Å²) >= 11 is 3.47. The van der Waals surface area contributed by atoms with Crippen LogP contribution in [-0.4, -0.2) is 24.2 Å². The van der Waals surface area contributed by atoms with Crippen LogP contribution in [-0.2, 0) is 15.6 Å². The number of carboxylic acids is 1. The Morgan fingerprint density at radius 1 is 0.857 bits per heavy atom. The molecule has 0 atom stereocenters. The number of hydrogen-bond acceptors (Lipinski definition) is 3. The molecule has 0 aromatic heterocycles. The fourth-order valence-electron chi connectivity index (χ4n) is 2.48. The number of rotatable bonds is 2. The first-order chi connectivity index (χ1) is 12.8. The second-order valence-corrected chi connectivity index (χ2v) is 9.42. The summed E-state index contributed by atoms with van der Waals surface area (Å²) in [5.74, 6) is -1.18. The van der Waals surface area contributed by atoms with Crippen molar-refractivity contribution in [1.29, 1.82) is 0 Å². The van der Waals surface area contributed by atoms with E-state index < -0.39 is 5.97 Å². The van der Waals surface area contributed by atoms with Crippen LogP contribution in [0, 0.1) is 0 Å². The molecule has 0 aliphatic rings. The molecule has 0 fully saturated rings. The van der Waals surface area contributed by atoms with Gasteiger partial charge < -0.3 is 9.84 Å². The van der Waals surface area contributed by atoms with Gasteiger partial charge in [-0.2, -0.15) is 0 Å². The van der Waals surface area contributed by atoms with E-state index in [1.54, 1.807) is 24.3 Å². The topological polar surface area (TPSA) is 63.6 Å². The molecule has 2 aromatic carbocycles. The molecular weight excluding hydrogens is 420 g/mol. The molecule has 1 N–H and O–H groups in total. The lowest BCUT2D eigenvalue weighted by Gasteiger charge is -2.21. The van der Waals surface area contributed by atoms with Gasteiger partial charge in [-0.3, -0.25) is 0 Å². The van der Waals surface area contributed by atoms with Crippen molar-refractivity contribution in [3.63, 3.8) is 0 Å². The minimum Gasteiger partial charge on any atom is -0.478 e. The van der Waals surface area contributed by atoms with E-state index in [1.165, 1.54) is 12.7 Å². The number of carbonyl (C=O) groups is 2. The Morgan fingerprint density at radius 2 is 1.36 bits per heavy atom.